The maximum Gasteiger partial charge on any atom is 0.140 e. The fourth-order valence-electron chi connectivity index (χ4n) is 3.82. The van der Waals surface area contributed by atoms with Crippen molar-refractivity contribution >= 4 is 0 Å². The Morgan fingerprint density at radius 3 is 2.96 bits per heavy atom. The first kappa shape index (κ1) is 14.3. The molecule has 1 aliphatic carbocycles. The molecule has 0 spiro atoms. The van der Waals surface area contributed by atoms with Gasteiger partial charge in [0.25, 0.3) is 0 Å². The summed E-state index contributed by atoms with van der Waals surface area (Å²) < 4.78 is 22.4. The van der Waals surface area contributed by atoms with Crippen LogP contribution in [0.2, 0.25) is 0 Å². The number of hydrogen-bond donors (Lipinski definition) is 0. The molecule has 0 fully saturated rings. The van der Waals surface area contributed by atoms with Gasteiger partial charge in [-0.25, -0.2) is 0 Å². The summed E-state index contributed by atoms with van der Waals surface area (Å²) in [5.41, 5.74) is 2.97. The predicted molar refractivity (Wildman–Crippen MR) is 81.4 cm³/mol. The van der Waals surface area contributed by atoms with Crippen LogP contribution in [0.3, 0.4) is 0 Å². The van der Waals surface area contributed by atoms with E-state index < -0.39 is 5.41 Å². The summed E-state index contributed by atoms with van der Waals surface area (Å²) in [6.07, 6.45) is 2.01. The lowest BCUT2D eigenvalue weighted by Crippen LogP contribution is -2.49. The van der Waals surface area contributed by atoms with Crippen molar-refractivity contribution in [2.24, 2.45) is 0 Å². The number of nitrogens with zero attached hydrogens (tertiary/aromatic N) is 1. The lowest BCUT2D eigenvalue weighted by Gasteiger charge is -2.42. The molecule has 23 heavy (non-hydrogen) atoms. The molecule has 5 heteroatoms. The normalized spacial score (nSPS) is 24.5. The fourth-order valence-corrected chi connectivity index (χ4v) is 3.82. The highest BCUT2D eigenvalue weighted by Crippen LogP contribution is 2.50. The zero-order chi connectivity index (χ0) is 16.0. The summed E-state index contributed by atoms with van der Waals surface area (Å²) in [4.78, 5) is 0. The Morgan fingerprint density at radius 2 is 2.22 bits per heavy atom. The highest BCUT2D eigenvalue weighted by atomic mass is 16.5. The van der Waals surface area contributed by atoms with Gasteiger partial charge in [0.15, 0.2) is 0 Å². The smallest absolute Gasteiger partial charge is 0.140 e. The van der Waals surface area contributed by atoms with Crippen LogP contribution in [0.25, 0.3) is 0 Å². The monoisotopic (exact) mass is 311 g/mol. The standard InChI is InChI=1S/C18H17NO4/c1-20-9-16-18(10-19)14-6-13(21-2)4-3-11(14)5-15-17(18)12(7-22-15)8-23-16/h3-4,6-7,16H,5,8-9H2,1-2H3/t16-,18+/m1/s1. The SMILES string of the molecule is COC[C@H]1OCc2coc3c2[C@@]1(C#N)c1cc(OC)ccc1C3. The largest absolute Gasteiger partial charge is 0.497 e. The molecule has 0 radical (unpaired) electrons. The van der Waals surface area contributed by atoms with Crippen LogP contribution in [-0.2, 0) is 27.9 Å². The summed E-state index contributed by atoms with van der Waals surface area (Å²) in [5, 5.41) is 10.2. The van der Waals surface area contributed by atoms with Gasteiger partial charge < -0.3 is 18.6 Å². The third-order valence-corrected chi connectivity index (χ3v) is 4.85. The average Bonchev–Trinajstić information content (AvgIpc) is 3.00. The molecule has 118 valence electrons. The Labute approximate surface area is 134 Å². The maximum absolute atomic E-state index is 10.2. The van der Waals surface area contributed by atoms with Crippen molar-refractivity contribution in [2.45, 2.75) is 24.5 Å². The van der Waals surface area contributed by atoms with E-state index in [0.29, 0.717) is 19.6 Å². The number of rotatable bonds is 3. The van der Waals surface area contributed by atoms with Crippen molar-refractivity contribution < 1.29 is 18.6 Å². The second-order valence-corrected chi connectivity index (χ2v) is 5.93. The van der Waals surface area contributed by atoms with E-state index in [0.717, 1.165) is 33.8 Å². The molecule has 2 aromatic rings. The molecule has 0 saturated carbocycles. The van der Waals surface area contributed by atoms with Gasteiger partial charge in [-0.05, 0) is 23.3 Å². The first-order valence-electron chi connectivity index (χ1n) is 7.53. The van der Waals surface area contributed by atoms with E-state index in [1.165, 1.54) is 0 Å². The van der Waals surface area contributed by atoms with Gasteiger partial charge in [-0.2, -0.15) is 5.26 Å². The van der Waals surface area contributed by atoms with E-state index in [1.807, 2.05) is 18.2 Å². The molecule has 1 aromatic heterocycles. The molecule has 1 aliphatic heterocycles. The van der Waals surface area contributed by atoms with Crippen LogP contribution in [0.5, 0.6) is 5.75 Å². The molecule has 2 heterocycles. The topological polar surface area (TPSA) is 64.6 Å². The highest BCUT2D eigenvalue weighted by Gasteiger charge is 2.53. The van der Waals surface area contributed by atoms with Gasteiger partial charge in [0, 0.05) is 24.7 Å². The summed E-state index contributed by atoms with van der Waals surface area (Å²) >= 11 is 0. The van der Waals surface area contributed by atoms with Crippen molar-refractivity contribution in [3.63, 3.8) is 0 Å². The van der Waals surface area contributed by atoms with Crippen LogP contribution >= 0.6 is 0 Å². The Morgan fingerprint density at radius 1 is 1.35 bits per heavy atom. The summed E-state index contributed by atoms with van der Waals surface area (Å²) in [5.74, 6) is 1.58. The Balaban J connectivity index is 2.02. The van der Waals surface area contributed by atoms with Gasteiger partial charge in [0.2, 0.25) is 0 Å². The van der Waals surface area contributed by atoms with Gasteiger partial charge in [-0.15, -0.1) is 0 Å². The summed E-state index contributed by atoms with van der Waals surface area (Å²) in [6, 6.07) is 8.37. The molecule has 2 atom stereocenters. The number of benzene rings is 1. The first-order valence-corrected chi connectivity index (χ1v) is 7.53. The molecule has 5 nitrogen and oxygen atoms in total. The van der Waals surface area contributed by atoms with Crippen LogP contribution in [0, 0.1) is 11.3 Å². The maximum atomic E-state index is 10.2. The minimum absolute atomic E-state index is 0.342. The van der Waals surface area contributed by atoms with Crippen LogP contribution < -0.4 is 4.74 Å². The molecule has 0 bridgehead atoms. The van der Waals surface area contributed by atoms with Gasteiger partial charge in [-0.1, -0.05) is 6.07 Å². The van der Waals surface area contributed by atoms with E-state index in [-0.39, 0.29) is 6.10 Å². The number of hydrogen-bond acceptors (Lipinski definition) is 5. The van der Waals surface area contributed by atoms with Crippen LogP contribution in [0.4, 0.5) is 0 Å². The molecule has 1 aromatic carbocycles. The zero-order valence-corrected chi connectivity index (χ0v) is 13.1. The van der Waals surface area contributed by atoms with Gasteiger partial charge >= 0.3 is 0 Å². The van der Waals surface area contributed by atoms with Gasteiger partial charge in [0.05, 0.1) is 32.7 Å². The third kappa shape index (κ3) is 1.79. The number of ether oxygens (including phenoxy) is 3. The lowest BCUT2D eigenvalue weighted by atomic mass is 9.64. The second kappa shape index (κ2) is 5.12. The van der Waals surface area contributed by atoms with E-state index >= 15 is 0 Å². The van der Waals surface area contributed by atoms with Crippen molar-refractivity contribution in [3.8, 4) is 11.8 Å². The quantitative estimate of drug-likeness (QED) is 0.871. The Kier molecular flexibility index (Phi) is 3.19. The van der Waals surface area contributed by atoms with E-state index in [9.17, 15) is 5.26 Å². The third-order valence-electron chi connectivity index (χ3n) is 4.85. The highest BCUT2D eigenvalue weighted by molar-refractivity contribution is 5.61. The molecular formula is C18H17NO4. The summed E-state index contributed by atoms with van der Waals surface area (Å²) in [7, 11) is 3.25. The molecule has 2 aliphatic rings. The molecule has 0 unspecified atom stereocenters. The van der Waals surface area contributed by atoms with Crippen LogP contribution in [0.15, 0.2) is 28.9 Å². The molecular weight excluding hydrogens is 294 g/mol. The van der Waals surface area contributed by atoms with Gasteiger partial charge in [-0.3, -0.25) is 0 Å². The Bertz CT molecular complexity index is 804. The minimum atomic E-state index is -0.923. The second-order valence-electron chi connectivity index (χ2n) is 5.93. The van der Waals surface area contributed by atoms with E-state index in [4.69, 9.17) is 18.6 Å². The van der Waals surface area contributed by atoms with E-state index in [1.54, 1.807) is 20.5 Å². The number of methoxy groups -OCH3 is 2. The number of nitriles is 1. The lowest BCUT2D eigenvalue weighted by molar-refractivity contribution is -0.0462. The number of furan rings is 1. The average molecular weight is 311 g/mol. The molecule has 0 N–H and O–H groups in total. The fraction of sp³-hybridized carbons (Fsp3) is 0.389. The number of fused-ring (bicyclic) bond motifs is 2. The minimum Gasteiger partial charge on any atom is -0.497 e. The van der Waals surface area contributed by atoms with Crippen molar-refractivity contribution in [3.05, 3.63) is 52.5 Å². The van der Waals surface area contributed by atoms with Crippen molar-refractivity contribution in [1.29, 1.82) is 5.26 Å². The first-order chi connectivity index (χ1) is 11.2. The van der Waals surface area contributed by atoms with Crippen molar-refractivity contribution in [1.82, 2.24) is 0 Å². The van der Waals surface area contributed by atoms with Crippen LogP contribution in [-0.4, -0.2) is 26.9 Å². The Hall–Kier alpha value is -2.29. The summed E-state index contributed by atoms with van der Waals surface area (Å²) in [6.45, 7) is 0.782. The zero-order valence-electron chi connectivity index (χ0n) is 13.1. The predicted octanol–water partition coefficient (Wildman–Crippen LogP) is 2.55. The van der Waals surface area contributed by atoms with Gasteiger partial charge in [0.1, 0.15) is 23.0 Å². The molecule has 0 amide bonds. The molecule has 0 saturated heterocycles. The van der Waals surface area contributed by atoms with Crippen molar-refractivity contribution in [2.75, 3.05) is 20.8 Å². The van der Waals surface area contributed by atoms with E-state index in [2.05, 4.69) is 6.07 Å². The van der Waals surface area contributed by atoms with Crippen LogP contribution in [0.1, 0.15) is 28.0 Å². The molecule has 4 rings (SSSR count).